The van der Waals surface area contributed by atoms with Crippen molar-refractivity contribution in [2.24, 2.45) is 10.7 Å². The Morgan fingerprint density at radius 1 is 1.07 bits per heavy atom. The summed E-state index contributed by atoms with van der Waals surface area (Å²) in [6, 6.07) is 10.00. The van der Waals surface area contributed by atoms with Gasteiger partial charge in [-0.1, -0.05) is 6.07 Å². The second kappa shape index (κ2) is 10.7. The predicted octanol–water partition coefficient (Wildman–Crippen LogP) is 1.50. The van der Waals surface area contributed by atoms with Crippen molar-refractivity contribution in [3.63, 3.8) is 0 Å². The molecule has 0 spiro atoms. The minimum Gasteiger partial charge on any atom is -0.493 e. The lowest BCUT2D eigenvalue weighted by atomic mass is 10.1. The summed E-state index contributed by atoms with van der Waals surface area (Å²) >= 11 is 0. The van der Waals surface area contributed by atoms with E-state index in [1.807, 2.05) is 30.5 Å². The van der Waals surface area contributed by atoms with Crippen LogP contribution < -0.4 is 25.4 Å². The number of anilines is 1. The summed E-state index contributed by atoms with van der Waals surface area (Å²) in [7, 11) is 5.42. The molecule has 162 valence electrons. The number of nitrogens with one attached hydrogen (secondary N) is 1. The number of methoxy groups -OCH3 is 2. The molecule has 8 heteroatoms. The summed E-state index contributed by atoms with van der Waals surface area (Å²) in [4.78, 5) is 13.6. The molecule has 1 aromatic carbocycles. The molecular formula is C22H32N6O2. The van der Waals surface area contributed by atoms with E-state index in [1.165, 1.54) is 0 Å². The SMILES string of the molecule is COc1ccc(CCNC(N)=NCc2ccnc(N3CCN(C)CC3)c2)cc1OC. The number of pyridine rings is 1. The van der Waals surface area contributed by atoms with Crippen LogP contribution in [0.25, 0.3) is 0 Å². The number of hydrogen-bond donors (Lipinski definition) is 2. The quantitative estimate of drug-likeness (QED) is 0.502. The highest BCUT2D eigenvalue weighted by Gasteiger charge is 2.15. The number of aliphatic imine (C=N–C) groups is 1. The van der Waals surface area contributed by atoms with Gasteiger partial charge in [0.25, 0.3) is 0 Å². The Hall–Kier alpha value is -3.00. The summed E-state index contributed by atoms with van der Waals surface area (Å²) in [5, 5.41) is 3.17. The third-order valence-electron chi connectivity index (χ3n) is 5.24. The van der Waals surface area contributed by atoms with Crippen molar-refractivity contribution in [1.82, 2.24) is 15.2 Å². The van der Waals surface area contributed by atoms with Gasteiger partial charge in [0.15, 0.2) is 17.5 Å². The first-order chi connectivity index (χ1) is 14.6. The molecular weight excluding hydrogens is 380 g/mol. The van der Waals surface area contributed by atoms with Crippen LogP contribution in [0.5, 0.6) is 11.5 Å². The van der Waals surface area contributed by atoms with Gasteiger partial charge in [0, 0.05) is 38.9 Å². The van der Waals surface area contributed by atoms with Crippen molar-refractivity contribution in [3.8, 4) is 11.5 Å². The normalized spacial score (nSPS) is 15.2. The van der Waals surface area contributed by atoms with Crippen molar-refractivity contribution in [2.75, 3.05) is 58.9 Å². The van der Waals surface area contributed by atoms with Gasteiger partial charge in [-0.3, -0.25) is 0 Å². The fourth-order valence-electron chi connectivity index (χ4n) is 3.37. The van der Waals surface area contributed by atoms with E-state index in [0.29, 0.717) is 19.0 Å². The van der Waals surface area contributed by atoms with Crippen LogP contribution in [-0.2, 0) is 13.0 Å². The lowest BCUT2D eigenvalue weighted by Crippen LogP contribution is -2.44. The molecule has 2 aromatic rings. The van der Waals surface area contributed by atoms with Crippen LogP contribution in [0.3, 0.4) is 0 Å². The van der Waals surface area contributed by atoms with E-state index in [-0.39, 0.29) is 0 Å². The van der Waals surface area contributed by atoms with Crippen molar-refractivity contribution in [3.05, 3.63) is 47.7 Å². The van der Waals surface area contributed by atoms with Crippen molar-refractivity contribution in [2.45, 2.75) is 13.0 Å². The zero-order valence-electron chi connectivity index (χ0n) is 18.1. The Kier molecular flexibility index (Phi) is 7.73. The molecule has 1 aliphatic rings. The third kappa shape index (κ3) is 6.00. The number of nitrogens with two attached hydrogens (primary N) is 1. The molecule has 0 unspecified atom stereocenters. The van der Waals surface area contributed by atoms with E-state index in [2.05, 4.69) is 38.2 Å². The fraction of sp³-hybridized carbons (Fsp3) is 0.455. The maximum absolute atomic E-state index is 6.05. The van der Waals surface area contributed by atoms with Crippen LogP contribution in [0.2, 0.25) is 0 Å². The molecule has 30 heavy (non-hydrogen) atoms. The van der Waals surface area contributed by atoms with Gasteiger partial charge in [-0.05, 0) is 48.9 Å². The zero-order valence-corrected chi connectivity index (χ0v) is 18.1. The molecule has 0 radical (unpaired) electrons. The van der Waals surface area contributed by atoms with E-state index in [1.54, 1.807) is 14.2 Å². The highest BCUT2D eigenvalue weighted by Crippen LogP contribution is 2.27. The zero-order chi connectivity index (χ0) is 21.3. The minimum absolute atomic E-state index is 0.438. The number of rotatable bonds is 8. The second-order valence-electron chi connectivity index (χ2n) is 7.38. The molecule has 1 saturated heterocycles. The Balaban J connectivity index is 1.49. The van der Waals surface area contributed by atoms with Gasteiger partial charge in [-0.2, -0.15) is 0 Å². The molecule has 0 amide bonds. The molecule has 0 aliphatic carbocycles. The smallest absolute Gasteiger partial charge is 0.188 e. The topological polar surface area (TPSA) is 88.2 Å². The van der Waals surface area contributed by atoms with Gasteiger partial charge in [0.05, 0.1) is 20.8 Å². The van der Waals surface area contributed by atoms with E-state index in [4.69, 9.17) is 15.2 Å². The van der Waals surface area contributed by atoms with Crippen molar-refractivity contribution >= 4 is 11.8 Å². The van der Waals surface area contributed by atoms with Crippen LogP contribution in [0.15, 0.2) is 41.5 Å². The Morgan fingerprint density at radius 3 is 2.57 bits per heavy atom. The molecule has 1 aromatic heterocycles. The number of piperazine rings is 1. The van der Waals surface area contributed by atoms with E-state index in [0.717, 1.165) is 61.0 Å². The number of benzene rings is 1. The van der Waals surface area contributed by atoms with Gasteiger partial charge in [-0.25, -0.2) is 9.98 Å². The largest absolute Gasteiger partial charge is 0.493 e. The molecule has 0 bridgehead atoms. The Bertz CT molecular complexity index is 849. The summed E-state index contributed by atoms with van der Waals surface area (Å²) in [5.41, 5.74) is 8.28. The molecule has 3 rings (SSSR count). The van der Waals surface area contributed by atoms with E-state index < -0.39 is 0 Å². The lowest BCUT2D eigenvalue weighted by molar-refractivity contribution is 0.312. The first kappa shape index (κ1) is 21.7. The van der Waals surface area contributed by atoms with Gasteiger partial charge in [-0.15, -0.1) is 0 Å². The maximum atomic E-state index is 6.05. The standard InChI is InChI=1S/C22H32N6O2/c1-27-10-12-28(13-11-27)21-15-18(7-8-24-21)16-26-22(23)25-9-6-17-4-5-19(29-2)20(14-17)30-3/h4-5,7-8,14-15H,6,9-13,16H2,1-3H3,(H3,23,25,26). The highest BCUT2D eigenvalue weighted by molar-refractivity contribution is 5.77. The summed E-state index contributed by atoms with van der Waals surface area (Å²) in [6.45, 7) is 5.32. The second-order valence-corrected chi connectivity index (χ2v) is 7.38. The van der Waals surface area contributed by atoms with Crippen LogP contribution in [0, 0.1) is 0 Å². The van der Waals surface area contributed by atoms with Crippen molar-refractivity contribution in [1.29, 1.82) is 0 Å². The Morgan fingerprint density at radius 2 is 1.83 bits per heavy atom. The van der Waals surface area contributed by atoms with Crippen molar-refractivity contribution < 1.29 is 9.47 Å². The van der Waals surface area contributed by atoms with E-state index >= 15 is 0 Å². The first-order valence-electron chi connectivity index (χ1n) is 10.2. The van der Waals surface area contributed by atoms with Gasteiger partial charge < -0.3 is 30.3 Å². The molecule has 3 N–H and O–H groups in total. The van der Waals surface area contributed by atoms with Gasteiger partial charge in [0.1, 0.15) is 5.82 Å². The summed E-state index contributed by atoms with van der Waals surface area (Å²) in [5.74, 6) is 2.90. The monoisotopic (exact) mass is 412 g/mol. The maximum Gasteiger partial charge on any atom is 0.188 e. The molecule has 2 heterocycles. The van der Waals surface area contributed by atoms with E-state index in [9.17, 15) is 0 Å². The number of hydrogen-bond acceptors (Lipinski definition) is 6. The van der Waals surface area contributed by atoms with Gasteiger partial charge in [0.2, 0.25) is 0 Å². The van der Waals surface area contributed by atoms with Crippen LogP contribution in [0.1, 0.15) is 11.1 Å². The average Bonchev–Trinajstić information content (AvgIpc) is 2.78. The number of aromatic nitrogens is 1. The summed E-state index contributed by atoms with van der Waals surface area (Å²) < 4.78 is 10.6. The fourth-order valence-corrected chi connectivity index (χ4v) is 3.37. The average molecular weight is 413 g/mol. The summed E-state index contributed by atoms with van der Waals surface area (Å²) in [6.07, 6.45) is 2.65. The highest BCUT2D eigenvalue weighted by atomic mass is 16.5. The molecule has 8 nitrogen and oxygen atoms in total. The van der Waals surface area contributed by atoms with Crippen LogP contribution in [0.4, 0.5) is 5.82 Å². The van der Waals surface area contributed by atoms with Crippen LogP contribution >= 0.6 is 0 Å². The van der Waals surface area contributed by atoms with Crippen LogP contribution in [-0.4, -0.2) is 69.8 Å². The number of nitrogens with zero attached hydrogens (tertiary/aromatic N) is 4. The number of likely N-dealkylation sites (N-methyl/N-ethyl adjacent to an activating group) is 1. The first-order valence-corrected chi connectivity index (χ1v) is 10.2. The number of ether oxygens (including phenoxy) is 2. The molecule has 0 saturated carbocycles. The third-order valence-corrected chi connectivity index (χ3v) is 5.24. The molecule has 1 fully saturated rings. The predicted molar refractivity (Wildman–Crippen MR) is 121 cm³/mol. The Labute approximate surface area is 178 Å². The molecule has 1 aliphatic heterocycles. The van der Waals surface area contributed by atoms with Gasteiger partial charge >= 0.3 is 0 Å². The number of guanidine groups is 1. The minimum atomic E-state index is 0.438. The molecule has 0 atom stereocenters. The lowest BCUT2D eigenvalue weighted by Gasteiger charge is -2.33.